The highest BCUT2D eigenvalue weighted by Gasteiger charge is 2.67. The van der Waals surface area contributed by atoms with E-state index in [1.165, 1.54) is 24.3 Å². The molecule has 0 aliphatic heterocycles. The van der Waals surface area contributed by atoms with Crippen LogP contribution in [0.2, 0.25) is 5.02 Å². The summed E-state index contributed by atoms with van der Waals surface area (Å²) in [5.41, 5.74) is 0.314. The van der Waals surface area contributed by atoms with Gasteiger partial charge in [-0.15, -0.1) is 23.2 Å². The second-order valence-electron chi connectivity index (χ2n) is 7.69. The number of benzene rings is 3. The van der Waals surface area contributed by atoms with Gasteiger partial charge in [0.05, 0.1) is 26.7 Å². The first-order valence-electron chi connectivity index (χ1n) is 9.79. The van der Waals surface area contributed by atoms with Gasteiger partial charge in [0, 0.05) is 22.1 Å². The van der Waals surface area contributed by atoms with Gasteiger partial charge >= 0.3 is 0 Å². The van der Waals surface area contributed by atoms with Crippen LogP contribution in [0.4, 0.5) is 24.5 Å². The lowest BCUT2D eigenvalue weighted by atomic mass is 10.1. The summed E-state index contributed by atoms with van der Waals surface area (Å²) in [5, 5.41) is 4.96. The predicted octanol–water partition coefficient (Wildman–Crippen LogP) is 8.06. The van der Waals surface area contributed by atoms with Crippen molar-refractivity contribution in [2.24, 2.45) is 5.92 Å². The zero-order chi connectivity index (χ0) is 25.7. The fourth-order valence-electron chi connectivity index (χ4n) is 3.60. The Kier molecular flexibility index (Phi) is 7.46. The van der Waals surface area contributed by atoms with Crippen LogP contribution in [0.5, 0.6) is 0 Å². The molecule has 3 aromatic carbocycles. The van der Waals surface area contributed by atoms with Gasteiger partial charge in [-0.3, -0.25) is 9.59 Å². The maximum Gasteiger partial charge on any atom is 0.257 e. The second-order valence-corrected chi connectivity index (χ2v) is 11.2. The van der Waals surface area contributed by atoms with E-state index in [1.807, 2.05) is 0 Å². The van der Waals surface area contributed by atoms with Crippen molar-refractivity contribution in [3.63, 3.8) is 0 Å². The van der Waals surface area contributed by atoms with E-state index in [4.69, 9.17) is 34.8 Å². The first-order valence-corrected chi connectivity index (χ1v) is 12.5. The second kappa shape index (κ2) is 9.94. The lowest BCUT2D eigenvalue weighted by Crippen LogP contribution is -2.18. The molecule has 3 aromatic rings. The van der Waals surface area contributed by atoms with E-state index in [9.17, 15) is 22.8 Å². The SMILES string of the molecule is O=C(Nc1ccc(F)cc1F)c1cc(NC(=O)C2C(c3cc(F)c(Br)c(Br)c3)C2(Cl)Cl)ccc1Cl. The van der Waals surface area contributed by atoms with Crippen molar-refractivity contribution >= 4 is 89.9 Å². The van der Waals surface area contributed by atoms with Crippen LogP contribution in [0.25, 0.3) is 0 Å². The van der Waals surface area contributed by atoms with E-state index >= 15 is 0 Å². The van der Waals surface area contributed by atoms with Crippen molar-refractivity contribution < 1.29 is 22.8 Å². The fraction of sp³-hybridized carbons (Fsp3) is 0.130. The summed E-state index contributed by atoms with van der Waals surface area (Å²) in [6, 6.07) is 9.65. The molecule has 1 aliphatic rings. The van der Waals surface area contributed by atoms with Crippen molar-refractivity contribution in [1.29, 1.82) is 0 Å². The first kappa shape index (κ1) is 26.3. The quantitative estimate of drug-likeness (QED) is 0.213. The van der Waals surface area contributed by atoms with E-state index in [1.54, 1.807) is 6.07 Å². The Hall–Kier alpha value is -1.78. The minimum atomic E-state index is -1.48. The van der Waals surface area contributed by atoms with E-state index in [0.29, 0.717) is 16.1 Å². The largest absolute Gasteiger partial charge is 0.326 e. The van der Waals surface area contributed by atoms with Crippen LogP contribution < -0.4 is 10.6 Å². The topological polar surface area (TPSA) is 58.2 Å². The number of hydrogen-bond acceptors (Lipinski definition) is 2. The maximum atomic E-state index is 14.2. The number of amides is 2. The summed E-state index contributed by atoms with van der Waals surface area (Å²) in [7, 11) is 0. The lowest BCUT2D eigenvalue weighted by molar-refractivity contribution is -0.117. The molecular formula is C23H12Br2Cl3F3N2O2. The molecule has 2 unspecified atom stereocenters. The summed E-state index contributed by atoms with van der Waals surface area (Å²) >= 11 is 25.1. The summed E-state index contributed by atoms with van der Waals surface area (Å²) in [4.78, 5) is 25.6. The molecule has 4 nitrogen and oxygen atoms in total. The molecular weight excluding hydrogens is 659 g/mol. The Morgan fingerprint density at radius 3 is 2.29 bits per heavy atom. The smallest absolute Gasteiger partial charge is 0.257 e. The van der Waals surface area contributed by atoms with Gasteiger partial charge < -0.3 is 10.6 Å². The molecule has 4 rings (SSSR count). The third-order valence-corrected chi connectivity index (χ3v) is 8.59. The third-order valence-electron chi connectivity index (χ3n) is 5.36. The highest BCUT2D eigenvalue weighted by atomic mass is 79.9. The monoisotopic (exact) mass is 668 g/mol. The zero-order valence-electron chi connectivity index (χ0n) is 17.1. The van der Waals surface area contributed by atoms with Crippen LogP contribution in [0.3, 0.4) is 0 Å². The number of hydrogen-bond donors (Lipinski definition) is 2. The van der Waals surface area contributed by atoms with Crippen LogP contribution in [-0.4, -0.2) is 16.1 Å². The number of alkyl halides is 2. The predicted molar refractivity (Wildman–Crippen MR) is 137 cm³/mol. The van der Waals surface area contributed by atoms with Gasteiger partial charge in [0.1, 0.15) is 21.8 Å². The number of rotatable bonds is 5. The number of nitrogens with one attached hydrogen (secondary N) is 2. The normalized spacial score (nSPS) is 18.2. The van der Waals surface area contributed by atoms with Crippen LogP contribution in [0.1, 0.15) is 21.8 Å². The third kappa shape index (κ3) is 5.34. The van der Waals surface area contributed by atoms with Crippen molar-refractivity contribution in [1.82, 2.24) is 0 Å². The van der Waals surface area contributed by atoms with Crippen LogP contribution >= 0.6 is 66.7 Å². The van der Waals surface area contributed by atoms with Gasteiger partial charge in [0.15, 0.2) is 0 Å². The standard InChI is InChI=1S/C23H12Br2Cl3F3N2O2/c24-13-5-9(6-16(31)20(13)25)18-19(23(18,27)28)22(35)32-11-2-3-14(26)12(8-11)21(34)33-17-4-1-10(29)7-15(17)30/h1-8,18-19H,(H,32,35)(H,33,34). The van der Waals surface area contributed by atoms with Crippen molar-refractivity contribution in [2.45, 2.75) is 10.3 Å². The van der Waals surface area contributed by atoms with Crippen molar-refractivity contribution in [2.75, 3.05) is 10.6 Å². The van der Waals surface area contributed by atoms with Crippen LogP contribution in [-0.2, 0) is 4.79 Å². The summed E-state index contributed by atoms with van der Waals surface area (Å²) < 4.78 is 40.4. The molecule has 12 heteroatoms. The lowest BCUT2D eigenvalue weighted by Gasteiger charge is -2.11. The van der Waals surface area contributed by atoms with Crippen molar-refractivity contribution in [3.8, 4) is 0 Å². The van der Waals surface area contributed by atoms with E-state index in [0.717, 1.165) is 12.1 Å². The molecule has 0 bridgehead atoms. The fourth-order valence-corrected chi connectivity index (χ4v) is 5.31. The summed E-state index contributed by atoms with van der Waals surface area (Å²) in [5.74, 6) is -5.22. The van der Waals surface area contributed by atoms with Crippen LogP contribution in [0, 0.1) is 23.4 Å². The van der Waals surface area contributed by atoms with Gasteiger partial charge in [0.2, 0.25) is 5.91 Å². The highest BCUT2D eigenvalue weighted by Crippen LogP contribution is 2.65. The Morgan fingerprint density at radius 1 is 0.914 bits per heavy atom. The number of anilines is 2. The Morgan fingerprint density at radius 2 is 1.63 bits per heavy atom. The molecule has 2 N–H and O–H groups in total. The molecule has 35 heavy (non-hydrogen) atoms. The zero-order valence-corrected chi connectivity index (χ0v) is 22.6. The van der Waals surface area contributed by atoms with Gasteiger partial charge in [-0.2, -0.15) is 0 Å². The molecule has 1 fully saturated rings. The summed E-state index contributed by atoms with van der Waals surface area (Å²) in [6.07, 6.45) is 0. The van der Waals surface area contributed by atoms with E-state index < -0.39 is 45.4 Å². The van der Waals surface area contributed by atoms with Crippen molar-refractivity contribution in [3.05, 3.63) is 91.1 Å². The number of halogens is 8. The maximum absolute atomic E-state index is 14.2. The molecule has 1 saturated carbocycles. The Labute approximate surface area is 229 Å². The van der Waals surface area contributed by atoms with E-state index in [2.05, 4.69) is 42.5 Å². The Balaban J connectivity index is 1.52. The van der Waals surface area contributed by atoms with Gasteiger partial charge in [-0.1, -0.05) is 11.6 Å². The molecule has 0 aromatic heterocycles. The van der Waals surface area contributed by atoms with Gasteiger partial charge in [-0.05, 0) is 79.9 Å². The Bertz CT molecular complexity index is 1350. The average molecular weight is 672 g/mol. The molecule has 0 heterocycles. The summed E-state index contributed by atoms with van der Waals surface area (Å²) in [6.45, 7) is 0. The number of carbonyl (C=O) groups is 2. The molecule has 2 atom stereocenters. The van der Waals surface area contributed by atoms with Gasteiger partial charge in [-0.25, -0.2) is 13.2 Å². The molecule has 182 valence electrons. The highest BCUT2D eigenvalue weighted by molar-refractivity contribution is 9.13. The average Bonchev–Trinajstić information content (AvgIpc) is 3.37. The molecule has 2 amide bonds. The van der Waals surface area contributed by atoms with Crippen LogP contribution in [0.15, 0.2) is 57.5 Å². The molecule has 1 aliphatic carbocycles. The minimum Gasteiger partial charge on any atom is -0.326 e. The molecule has 0 spiro atoms. The number of carbonyl (C=O) groups excluding carboxylic acids is 2. The van der Waals surface area contributed by atoms with E-state index in [-0.39, 0.29) is 26.4 Å². The minimum absolute atomic E-state index is 0.0338. The van der Waals surface area contributed by atoms with Gasteiger partial charge in [0.25, 0.3) is 5.91 Å². The molecule has 0 radical (unpaired) electrons. The molecule has 0 saturated heterocycles. The first-order chi connectivity index (χ1) is 16.4.